The van der Waals surface area contributed by atoms with Gasteiger partial charge in [-0.3, -0.25) is 4.79 Å². The summed E-state index contributed by atoms with van der Waals surface area (Å²) in [5, 5.41) is 3.00. The lowest BCUT2D eigenvalue weighted by Crippen LogP contribution is -2.34. The van der Waals surface area contributed by atoms with Crippen molar-refractivity contribution < 1.29 is 19.0 Å². The Kier molecular flexibility index (Phi) is 8.15. The number of benzene rings is 1. The van der Waals surface area contributed by atoms with E-state index in [0.717, 1.165) is 24.8 Å². The van der Waals surface area contributed by atoms with Crippen LogP contribution in [0.3, 0.4) is 0 Å². The third kappa shape index (κ3) is 4.45. The van der Waals surface area contributed by atoms with Crippen molar-refractivity contribution in [2.75, 3.05) is 27.9 Å². The Hall–Kier alpha value is -1.66. The number of carbonyl (C=O) groups is 1. The van der Waals surface area contributed by atoms with Crippen LogP contribution >= 0.6 is 12.4 Å². The first-order chi connectivity index (χ1) is 11.1. The van der Waals surface area contributed by atoms with Crippen LogP contribution in [0, 0.1) is 11.8 Å². The molecule has 0 heterocycles. The minimum absolute atomic E-state index is 0. The second-order valence-corrected chi connectivity index (χ2v) is 5.78. The number of ether oxygens (including phenoxy) is 3. The molecule has 0 aromatic heterocycles. The van der Waals surface area contributed by atoms with Gasteiger partial charge in [-0.2, -0.15) is 0 Å². The van der Waals surface area contributed by atoms with E-state index < -0.39 is 0 Å². The topological polar surface area (TPSA) is 82.8 Å². The van der Waals surface area contributed by atoms with Gasteiger partial charge in [-0.15, -0.1) is 12.4 Å². The van der Waals surface area contributed by atoms with Crippen LogP contribution in [-0.2, 0) is 11.3 Å². The number of hydrogen-bond donors (Lipinski definition) is 2. The molecule has 2 atom stereocenters. The van der Waals surface area contributed by atoms with Gasteiger partial charge >= 0.3 is 0 Å². The van der Waals surface area contributed by atoms with Gasteiger partial charge in [-0.25, -0.2) is 0 Å². The molecule has 0 unspecified atom stereocenters. The molecule has 1 aliphatic carbocycles. The van der Waals surface area contributed by atoms with Crippen molar-refractivity contribution in [1.82, 2.24) is 5.32 Å². The quantitative estimate of drug-likeness (QED) is 0.780. The lowest BCUT2D eigenvalue weighted by Gasteiger charge is -2.18. The second-order valence-electron chi connectivity index (χ2n) is 5.78. The molecule has 24 heavy (non-hydrogen) atoms. The lowest BCUT2D eigenvalue weighted by molar-refractivity contribution is -0.126. The first-order valence-corrected chi connectivity index (χ1v) is 7.91. The van der Waals surface area contributed by atoms with Crippen molar-refractivity contribution in [2.45, 2.75) is 25.8 Å². The van der Waals surface area contributed by atoms with Gasteiger partial charge in [0, 0.05) is 12.5 Å². The molecule has 1 aromatic carbocycles. The average Bonchev–Trinajstić information content (AvgIpc) is 3.07. The van der Waals surface area contributed by atoms with Gasteiger partial charge in [0.1, 0.15) is 0 Å². The molecule has 0 radical (unpaired) electrons. The molecule has 3 N–H and O–H groups in total. The van der Waals surface area contributed by atoms with E-state index in [-0.39, 0.29) is 24.2 Å². The van der Waals surface area contributed by atoms with Gasteiger partial charge in [0.2, 0.25) is 11.7 Å². The molecule has 0 saturated heterocycles. The summed E-state index contributed by atoms with van der Waals surface area (Å²) in [6.07, 6.45) is 3.03. The number of amides is 1. The Morgan fingerprint density at radius 1 is 1.17 bits per heavy atom. The summed E-state index contributed by atoms with van der Waals surface area (Å²) >= 11 is 0. The molecule has 1 saturated carbocycles. The second kappa shape index (κ2) is 9.59. The van der Waals surface area contributed by atoms with Crippen LogP contribution in [0.4, 0.5) is 0 Å². The van der Waals surface area contributed by atoms with Crippen molar-refractivity contribution in [2.24, 2.45) is 17.6 Å². The van der Waals surface area contributed by atoms with Crippen molar-refractivity contribution in [3.8, 4) is 17.2 Å². The molecule has 2 rings (SSSR count). The highest BCUT2D eigenvalue weighted by Crippen LogP contribution is 2.38. The maximum atomic E-state index is 12.4. The zero-order chi connectivity index (χ0) is 16.8. The van der Waals surface area contributed by atoms with Crippen LogP contribution < -0.4 is 25.3 Å². The number of methoxy groups -OCH3 is 3. The molecule has 6 nitrogen and oxygen atoms in total. The molecule has 0 spiro atoms. The van der Waals surface area contributed by atoms with Crippen LogP contribution in [-0.4, -0.2) is 33.8 Å². The fraction of sp³-hybridized carbons (Fsp3) is 0.588. The first-order valence-electron chi connectivity index (χ1n) is 7.91. The van der Waals surface area contributed by atoms with Crippen LogP contribution in [0.25, 0.3) is 0 Å². The summed E-state index contributed by atoms with van der Waals surface area (Å²) in [5.41, 5.74) is 6.65. The molecule has 136 valence electrons. The summed E-state index contributed by atoms with van der Waals surface area (Å²) in [5.74, 6) is 2.11. The minimum Gasteiger partial charge on any atom is -0.493 e. The standard InChI is InChI=1S/C17H26N2O4.ClH/c1-21-14-7-11(8-15(22-2)16(14)23-3)10-19-17(20)13-6-4-5-12(13)9-18;/h7-8,12-13H,4-6,9-10,18H2,1-3H3,(H,19,20);1H/t12-,13-;/m1./s1. The Balaban J connectivity index is 0.00000288. The van der Waals surface area contributed by atoms with Gasteiger partial charge in [-0.05, 0) is 43.0 Å². The van der Waals surface area contributed by atoms with E-state index >= 15 is 0 Å². The minimum atomic E-state index is 0. The first kappa shape index (κ1) is 20.4. The summed E-state index contributed by atoms with van der Waals surface area (Å²) in [6.45, 7) is 0.992. The van der Waals surface area contributed by atoms with E-state index in [1.54, 1.807) is 21.3 Å². The van der Waals surface area contributed by atoms with Gasteiger partial charge in [0.25, 0.3) is 0 Å². The predicted octanol–water partition coefficient (Wildman–Crippen LogP) is 2.13. The maximum absolute atomic E-state index is 12.4. The van der Waals surface area contributed by atoms with Gasteiger partial charge in [-0.1, -0.05) is 6.42 Å². The molecular weight excluding hydrogens is 332 g/mol. The normalized spacial score (nSPS) is 19.3. The van der Waals surface area contributed by atoms with Crippen molar-refractivity contribution >= 4 is 18.3 Å². The number of nitrogens with two attached hydrogens (primary N) is 1. The highest BCUT2D eigenvalue weighted by molar-refractivity contribution is 5.85. The summed E-state index contributed by atoms with van der Waals surface area (Å²) in [4.78, 5) is 12.4. The number of rotatable bonds is 7. The smallest absolute Gasteiger partial charge is 0.223 e. The van der Waals surface area contributed by atoms with E-state index in [4.69, 9.17) is 19.9 Å². The van der Waals surface area contributed by atoms with Crippen LogP contribution in [0.15, 0.2) is 12.1 Å². The zero-order valence-corrected chi connectivity index (χ0v) is 15.3. The van der Waals surface area contributed by atoms with Crippen LogP contribution in [0.2, 0.25) is 0 Å². The van der Waals surface area contributed by atoms with Gasteiger partial charge in [0.05, 0.1) is 21.3 Å². The van der Waals surface area contributed by atoms with E-state index in [2.05, 4.69) is 5.32 Å². The Bertz CT molecular complexity index is 528. The van der Waals surface area contributed by atoms with Gasteiger partial charge < -0.3 is 25.3 Å². The number of hydrogen-bond acceptors (Lipinski definition) is 5. The summed E-state index contributed by atoms with van der Waals surface area (Å²) in [7, 11) is 4.71. The van der Waals surface area contributed by atoms with E-state index in [9.17, 15) is 4.79 Å². The van der Waals surface area contributed by atoms with Crippen molar-refractivity contribution in [3.63, 3.8) is 0 Å². The third-order valence-electron chi connectivity index (χ3n) is 4.49. The Labute approximate surface area is 149 Å². The summed E-state index contributed by atoms with van der Waals surface area (Å²) < 4.78 is 15.9. The molecular formula is C17H27ClN2O4. The summed E-state index contributed by atoms with van der Waals surface area (Å²) in [6, 6.07) is 3.69. The van der Waals surface area contributed by atoms with E-state index in [0.29, 0.717) is 36.3 Å². The fourth-order valence-corrected chi connectivity index (χ4v) is 3.22. The third-order valence-corrected chi connectivity index (χ3v) is 4.49. The monoisotopic (exact) mass is 358 g/mol. The highest BCUT2D eigenvalue weighted by Gasteiger charge is 2.31. The molecule has 7 heteroatoms. The molecule has 0 aliphatic heterocycles. The predicted molar refractivity (Wildman–Crippen MR) is 95.1 cm³/mol. The van der Waals surface area contributed by atoms with Crippen molar-refractivity contribution in [3.05, 3.63) is 17.7 Å². The number of carbonyl (C=O) groups excluding carboxylic acids is 1. The number of halogens is 1. The van der Waals surface area contributed by atoms with E-state index in [1.165, 1.54) is 0 Å². The molecule has 0 bridgehead atoms. The lowest BCUT2D eigenvalue weighted by atomic mass is 9.95. The molecule has 1 fully saturated rings. The fourth-order valence-electron chi connectivity index (χ4n) is 3.22. The highest BCUT2D eigenvalue weighted by atomic mass is 35.5. The van der Waals surface area contributed by atoms with Crippen LogP contribution in [0.1, 0.15) is 24.8 Å². The molecule has 1 aliphatic rings. The Morgan fingerprint density at radius 2 is 1.79 bits per heavy atom. The Morgan fingerprint density at radius 3 is 2.29 bits per heavy atom. The average molecular weight is 359 g/mol. The largest absolute Gasteiger partial charge is 0.493 e. The maximum Gasteiger partial charge on any atom is 0.223 e. The SMILES string of the molecule is COc1cc(CNC(=O)[C@@H]2CCC[C@@H]2CN)cc(OC)c1OC.Cl. The number of nitrogens with one attached hydrogen (secondary N) is 1. The van der Waals surface area contributed by atoms with Crippen LogP contribution in [0.5, 0.6) is 17.2 Å². The zero-order valence-electron chi connectivity index (χ0n) is 14.5. The molecule has 1 aromatic rings. The van der Waals surface area contributed by atoms with E-state index in [1.807, 2.05) is 12.1 Å². The van der Waals surface area contributed by atoms with Gasteiger partial charge in [0.15, 0.2) is 11.5 Å². The molecule has 1 amide bonds. The van der Waals surface area contributed by atoms with Crippen molar-refractivity contribution in [1.29, 1.82) is 0 Å².